The first-order valence-electron chi connectivity index (χ1n) is 8.66. The fourth-order valence-electron chi connectivity index (χ4n) is 3.09. The zero-order valence-electron chi connectivity index (χ0n) is 14.8. The maximum Gasteiger partial charge on any atom is 0.300 e. The number of Topliss-reactive ketones (excluding diaryl/α,β-unsaturated/α-hetero) is 1. The molecule has 5 nitrogen and oxygen atoms in total. The van der Waals surface area contributed by atoms with Gasteiger partial charge in [-0.2, -0.15) is 0 Å². The molecule has 1 aliphatic carbocycles. The molecule has 4 atom stereocenters. The molecule has 0 saturated heterocycles. The predicted molar refractivity (Wildman–Crippen MR) is 96.0 cm³/mol. The number of carbonyl (C=O) groups is 2. The lowest BCUT2D eigenvalue weighted by molar-refractivity contribution is -0.134. The molecule has 0 radical (unpaired) electrons. The van der Waals surface area contributed by atoms with Crippen LogP contribution in [0.4, 0.5) is 0 Å². The maximum absolute atomic E-state index is 11.7. The van der Waals surface area contributed by atoms with E-state index in [1.807, 2.05) is 49.4 Å². The molecule has 2 rings (SSSR count). The number of carboxylic acids is 1. The molecule has 5 heteroatoms. The van der Waals surface area contributed by atoms with Crippen LogP contribution in [0, 0.1) is 11.8 Å². The second kappa shape index (κ2) is 10.8. The van der Waals surface area contributed by atoms with Crippen LogP contribution in [0.1, 0.15) is 51.2 Å². The number of hydrogen-bond acceptors (Lipinski definition) is 4. The molecular weight excluding hydrogens is 320 g/mol. The van der Waals surface area contributed by atoms with Crippen LogP contribution >= 0.6 is 0 Å². The van der Waals surface area contributed by atoms with E-state index in [-0.39, 0.29) is 24.0 Å². The highest BCUT2D eigenvalue weighted by atomic mass is 16.4. The summed E-state index contributed by atoms with van der Waals surface area (Å²) in [6.45, 7) is 3.07. The third-order valence-corrected chi connectivity index (χ3v) is 4.32. The Hall–Kier alpha value is -1.98. The van der Waals surface area contributed by atoms with Crippen molar-refractivity contribution in [3.05, 3.63) is 48.0 Å². The molecule has 25 heavy (non-hydrogen) atoms. The zero-order valence-corrected chi connectivity index (χ0v) is 14.8. The Morgan fingerprint density at radius 2 is 1.92 bits per heavy atom. The summed E-state index contributed by atoms with van der Waals surface area (Å²) in [6, 6.07) is 9.60. The topological polar surface area (TPSA) is 94.8 Å². The van der Waals surface area contributed by atoms with Gasteiger partial charge in [-0.3, -0.25) is 9.59 Å². The summed E-state index contributed by atoms with van der Waals surface area (Å²) in [5.41, 5.74) is 0.924. The summed E-state index contributed by atoms with van der Waals surface area (Å²) in [5, 5.41) is 27.4. The van der Waals surface area contributed by atoms with Crippen molar-refractivity contribution < 1.29 is 24.9 Å². The number of carbonyl (C=O) groups excluding carboxylic acids is 1. The Kier molecular flexibility index (Phi) is 9.10. The van der Waals surface area contributed by atoms with E-state index in [0.717, 1.165) is 25.3 Å². The minimum absolute atomic E-state index is 0.0460. The molecule has 1 aromatic carbocycles. The first-order valence-corrected chi connectivity index (χ1v) is 8.66. The number of aliphatic hydroxyl groups excluding tert-OH is 2. The van der Waals surface area contributed by atoms with Crippen LogP contribution in [0.2, 0.25) is 0 Å². The van der Waals surface area contributed by atoms with E-state index in [2.05, 4.69) is 0 Å². The number of ketones is 1. The van der Waals surface area contributed by atoms with Crippen molar-refractivity contribution >= 4 is 11.8 Å². The normalized spacial score (nSPS) is 24.0. The van der Waals surface area contributed by atoms with Crippen LogP contribution in [-0.4, -0.2) is 33.2 Å². The molecule has 0 bridgehead atoms. The highest BCUT2D eigenvalue weighted by Crippen LogP contribution is 2.32. The van der Waals surface area contributed by atoms with E-state index >= 15 is 0 Å². The molecule has 0 heterocycles. The number of aliphatic hydroxyl groups is 2. The van der Waals surface area contributed by atoms with Crippen molar-refractivity contribution in [3.8, 4) is 0 Å². The van der Waals surface area contributed by atoms with Crippen LogP contribution in [0.5, 0.6) is 0 Å². The lowest BCUT2D eigenvalue weighted by Gasteiger charge is -2.15. The molecule has 0 aromatic heterocycles. The average Bonchev–Trinajstić information content (AvgIpc) is 2.84. The van der Waals surface area contributed by atoms with Crippen molar-refractivity contribution in [1.29, 1.82) is 0 Å². The Labute approximate surface area is 149 Å². The molecule has 1 unspecified atom stereocenters. The molecule has 1 aliphatic rings. The van der Waals surface area contributed by atoms with Crippen LogP contribution in [0.3, 0.4) is 0 Å². The van der Waals surface area contributed by atoms with Crippen LogP contribution in [0.15, 0.2) is 42.5 Å². The van der Waals surface area contributed by atoms with E-state index in [0.29, 0.717) is 6.42 Å². The predicted octanol–water partition coefficient (Wildman–Crippen LogP) is 3.12. The summed E-state index contributed by atoms with van der Waals surface area (Å²) in [4.78, 5) is 20.7. The van der Waals surface area contributed by atoms with Gasteiger partial charge >= 0.3 is 0 Å². The van der Waals surface area contributed by atoms with Gasteiger partial charge in [-0.15, -0.1) is 0 Å². The summed E-state index contributed by atoms with van der Waals surface area (Å²) in [6.07, 6.45) is 5.38. The molecule has 1 aromatic rings. The number of benzene rings is 1. The lowest BCUT2D eigenvalue weighted by Crippen LogP contribution is -2.17. The Bertz CT molecular complexity index is 563. The molecule has 1 saturated carbocycles. The minimum atomic E-state index is -0.833. The van der Waals surface area contributed by atoms with Gasteiger partial charge in [0.15, 0.2) is 0 Å². The van der Waals surface area contributed by atoms with Gasteiger partial charge in [0.2, 0.25) is 0 Å². The van der Waals surface area contributed by atoms with Crippen molar-refractivity contribution in [2.75, 3.05) is 0 Å². The van der Waals surface area contributed by atoms with E-state index in [9.17, 15) is 15.0 Å². The van der Waals surface area contributed by atoms with Gasteiger partial charge in [0.25, 0.3) is 5.97 Å². The summed E-state index contributed by atoms with van der Waals surface area (Å²) < 4.78 is 0. The highest BCUT2D eigenvalue weighted by Gasteiger charge is 2.38. The zero-order chi connectivity index (χ0) is 18.8. The SMILES string of the molecule is CC(=O)O.CC[C@H]1C(=O)C[C@H](O)[C@@H]1/C=C/CCC(O)c1ccccc1. The third kappa shape index (κ3) is 7.20. The smallest absolute Gasteiger partial charge is 0.300 e. The Balaban J connectivity index is 0.000000705. The van der Waals surface area contributed by atoms with E-state index < -0.39 is 18.2 Å². The van der Waals surface area contributed by atoms with Crippen molar-refractivity contribution in [3.63, 3.8) is 0 Å². The van der Waals surface area contributed by atoms with Crippen molar-refractivity contribution in [1.82, 2.24) is 0 Å². The Morgan fingerprint density at radius 3 is 2.48 bits per heavy atom. The van der Waals surface area contributed by atoms with Crippen molar-refractivity contribution in [2.45, 2.75) is 51.7 Å². The van der Waals surface area contributed by atoms with Gasteiger partial charge in [0.05, 0.1) is 12.2 Å². The largest absolute Gasteiger partial charge is 0.481 e. The highest BCUT2D eigenvalue weighted by molar-refractivity contribution is 5.84. The van der Waals surface area contributed by atoms with Crippen LogP contribution in [-0.2, 0) is 9.59 Å². The molecule has 0 spiro atoms. The van der Waals surface area contributed by atoms with E-state index in [1.54, 1.807) is 0 Å². The molecule has 1 fully saturated rings. The molecule has 0 amide bonds. The molecule has 0 aliphatic heterocycles. The quantitative estimate of drug-likeness (QED) is 0.687. The number of rotatable bonds is 6. The van der Waals surface area contributed by atoms with Gasteiger partial charge < -0.3 is 15.3 Å². The van der Waals surface area contributed by atoms with Gasteiger partial charge in [0.1, 0.15) is 5.78 Å². The van der Waals surface area contributed by atoms with Crippen LogP contribution in [0.25, 0.3) is 0 Å². The average molecular weight is 348 g/mol. The van der Waals surface area contributed by atoms with Crippen LogP contribution < -0.4 is 0 Å². The summed E-state index contributed by atoms with van der Waals surface area (Å²) in [7, 11) is 0. The van der Waals surface area contributed by atoms with Gasteiger partial charge in [-0.05, 0) is 24.8 Å². The third-order valence-electron chi connectivity index (χ3n) is 4.32. The van der Waals surface area contributed by atoms with Gasteiger partial charge in [-0.1, -0.05) is 49.4 Å². The standard InChI is InChI=1S/C18H24O3.C2H4O2/c1-2-14-15(18(21)12-17(14)20)10-6-7-11-16(19)13-8-4-3-5-9-13;1-2(3)4/h3-6,8-10,14-16,18-19,21H,2,7,11-12H2,1H3;1H3,(H,3,4)/b10-6+;/t14-,15-,16?,18+;/m1./s1. The second-order valence-electron chi connectivity index (χ2n) is 6.28. The fraction of sp³-hybridized carbons (Fsp3) is 0.500. The monoisotopic (exact) mass is 348 g/mol. The maximum atomic E-state index is 11.7. The minimum Gasteiger partial charge on any atom is -0.481 e. The number of aliphatic carboxylic acids is 1. The van der Waals surface area contributed by atoms with E-state index in [4.69, 9.17) is 9.90 Å². The van der Waals surface area contributed by atoms with Gasteiger partial charge in [-0.25, -0.2) is 0 Å². The summed E-state index contributed by atoms with van der Waals surface area (Å²) >= 11 is 0. The molecular formula is C20H28O5. The number of hydrogen-bond donors (Lipinski definition) is 3. The number of allylic oxidation sites excluding steroid dienone is 1. The van der Waals surface area contributed by atoms with Gasteiger partial charge in [0, 0.05) is 25.2 Å². The lowest BCUT2D eigenvalue weighted by atomic mass is 9.91. The summed E-state index contributed by atoms with van der Waals surface area (Å²) in [5.74, 6) is -0.768. The Morgan fingerprint density at radius 1 is 1.32 bits per heavy atom. The van der Waals surface area contributed by atoms with Crippen molar-refractivity contribution in [2.24, 2.45) is 11.8 Å². The molecule has 3 N–H and O–H groups in total. The molecule has 138 valence electrons. The van der Waals surface area contributed by atoms with E-state index in [1.165, 1.54) is 0 Å². The second-order valence-corrected chi connectivity index (χ2v) is 6.28. The fourth-order valence-corrected chi connectivity index (χ4v) is 3.09. The number of carboxylic acid groups (broad SMARTS) is 1. The first kappa shape index (κ1) is 21.1. The first-order chi connectivity index (χ1) is 11.9.